The maximum absolute atomic E-state index is 5.81. The summed E-state index contributed by atoms with van der Waals surface area (Å²) in [5.41, 5.74) is 0.919. The lowest BCUT2D eigenvalue weighted by atomic mass is 10.3. The highest BCUT2D eigenvalue weighted by Crippen LogP contribution is 2.27. The molecule has 1 N–H and O–H groups in total. The molecule has 0 spiro atoms. The van der Waals surface area contributed by atoms with Crippen molar-refractivity contribution in [3.05, 3.63) is 77.4 Å². The van der Waals surface area contributed by atoms with E-state index in [0.29, 0.717) is 0 Å². The van der Waals surface area contributed by atoms with Gasteiger partial charge in [0.25, 0.3) is 0 Å². The van der Waals surface area contributed by atoms with E-state index in [1.807, 2.05) is 66.7 Å². The van der Waals surface area contributed by atoms with Crippen molar-refractivity contribution in [3.8, 4) is 11.5 Å². The fourth-order valence-electron chi connectivity index (χ4n) is 1.88. The molecule has 104 valence electrons. The van der Waals surface area contributed by atoms with Crippen LogP contribution >= 0.6 is 15.9 Å². The lowest BCUT2D eigenvalue weighted by Crippen LogP contribution is -1.94. The largest absolute Gasteiger partial charge is 0.457 e. The molecule has 0 atom stereocenters. The lowest BCUT2D eigenvalue weighted by Gasteiger charge is -2.10. The molecule has 0 amide bonds. The number of hydrogen-bond donors (Lipinski definition) is 1. The van der Waals surface area contributed by atoms with Crippen molar-refractivity contribution >= 4 is 27.4 Å². The number of ether oxygens (including phenoxy) is 1. The van der Waals surface area contributed by atoms with E-state index in [9.17, 15) is 0 Å². The summed E-state index contributed by atoms with van der Waals surface area (Å²) >= 11 is 3.47. The maximum Gasteiger partial charge on any atom is 0.144 e. The highest BCUT2D eigenvalue weighted by Gasteiger charge is 2.02. The molecule has 4 heteroatoms. The smallest absolute Gasteiger partial charge is 0.144 e. The monoisotopic (exact) mass is 340 g/mol. The maximum atomic E-state index is 5.81. The Bertz CT molecular complexity index is 732. The summed E-state index contributed by atoms with van der Waals surface area (Å²) in [5, 5.41) is 3.26. The number of halogens is 1. The van der Waals surface area contributed by atoms with Crippen LogP contribution in [0.5, 0.6) is 11.5 Å². The first-order valence-electron chi connectivity index (χ1n) is 6.52. The third kappa shape index (κ3) is 3.61. The van der Waals surface area contributed by atoms with Crippen molar-refractivity contribution in [2.45, 2.75) is 0 Å². The molecular weight excluding hydrogens is 328 g/mol. The van der Waals surface area contributed by atoms with Crippen LogP contribution in [0.3, 0.4) is 0 Å². The van der Waals surface area contributed by atoms with Gasteiger partial charge in [-0.15, -0.1) is 0 Å². The van der Waals surface area contributed by atoms with Crippen molar-refractivity contribution in [3.63, 3.8) is 0 Å². The number of nitrogens with one attached hydrogen (secondary N) is 1. The van der Waals surface area contributed by atoms with Gasteiger partial charge in [0.05, 0.1) is 4.47 Å². The minimum absolute atomic E-state index is 0.773. The van der Waals surface area contributed by atoms with Gasteiger partial charge in [0.2, 0.25) is 0 Å². The van der Waals surface area contributed by atoms with E-state index in [4.69, 9.17) is 4.74 Å². The van der Waals surface area contributed by atoms with Gasteiger partial charge < -0.3 is 10.1 Å². The summed E-state index contributed by atoms with van der Waals surface area (Å²) in [7, 11) is 0. The molecule has 1 aromatic heterocycles. The first kappa shape index (κ1) is 13.6. The van der Waals surface area contributed by atoms with Crippen molar-refractivity contribution < 1.29 is 4.74 Å². The summed E-state index contributed by atoms with van der Waals surface area (Å²) in [6.45, 7) is 0. The summed E-state index contributed by atoms with van der Waals surface area (Å²) in [5.74, 6) is 2.36. The molecule has 0 aliphatic carbocycles. The predicted molar refractivity (Wildman–Crippen MR) is 88.2 cm³/mol. The average Bonchev–Trinajstić information content (AvgIpc) is 2.51. The molecule has 0 bridgehead atoms. The third-order valence-electron chi connectivity index (χ3n) is 2.83. The highest BCUT2D eigenvalue weighted by molar-refractivity contribution is 9.10. The van der Waals surface area contributed by atoms with E-state index >= 15 is 0 Å². The van der Waals surface area contributed by atoms with Crippen molar-refractivity contribution in [1.82, 2.24) is 4.98 Å². The van der Waals surface area contributed by atoms with E-state index in [0.717, 1.165) is 27.5 Å². The van der Waals surface area contributed by atoms with Crippen LogP contribution < -0.4 is 10.1 Å². The first-order chi connectivity index (χ1) is 10.3. The predicted octanol–water partition coefficient (Wildman–Crippen LogP) is 5.38. The second-order valence-corrected chi connectivity index (χ2v) is 5.26. The summed E-state index contributed by atoms with van der Waals surface area (Å²) in [6.07, 6.45) is 1.75. The zero-order chi connectivity index (χ0) is 14.5. The topological polar surface area (TPSA) is 34.2 Å². The fraction of sp³-hybridized carbons (Fsp3) is 0. The number of anilines is 2. The quantitative estimate of drug-likeness (QED) is 0.692. The summed E-state index contributed by atoms with van der Waals surface area (Å²) in [4.78, 5) is 4.29. The third-order valence-corrected chi connectivity index (χ3v) is 3.47. The highest BCUT2D eigenvalue weighted by atomic mass is 79.9. The fourth-order valence-corrected chi connectivity index (χ4v) is 2.23. The molecule has 1 heterocycles. The van der Waals surface area contributed by atoms with E-state index in [2.05, 4.69) is 26.2 Å². The van der Waals surface area contributed by atoms with Crippen LogP contribution in [0.1, 0.15) is 0 Å². The minimum atomic E-state index is 0.773. The number of para-hydroxylation sites is 1. The first-order valence-corrected chi connectivity index (χ1v) is 7.31. The Morgan fingerprint density at radius 2 is 1.67 bits per heavy atom. The molecule has 0 radical (unpaired) electrons. The van der Waals surface area contributed by atoms with Gasteiger partial charge in [-0.05, 0) is 52.3 Å². The number of pyridine rings is 1. The molecule has 0 saturated heterocycles. The Labute approximate surface area is 131 Å². The summed E-state index contributed by atoms with van der Waals surface area (Å²) < 4.78 is 6.73. The SMILES string of the molecule is Brc1cccnc1Nc1cccc(Oc2ccccc2)c1. The van der Waals surface area contributed by atoms with Crippen LogP contribution in [0.25, 0.3) is 0 Å². The van der Waals surface area contributed by atoms with Crippen molar-refractivity contribution in [1.29, 1.82) is 0 Å². The van der Waals surface area contributed by atoms with Gasteiger partial charge in [-0.25, -0.2) is 4.98 Å². The number of nitrogens with zero attached hydrogens (tertiary/aromatic N) is 1. The number of rotatable bonds is 4. The van der Waals surface area contributed by atoms with Crippen LogP contribution in [0.2, 0.25) is 0 Å². The average molecular weight is 341 g/mol. The van der Waals surface area contributed by atoms with Crippen LogP contribution in [0.4, 0.5) is 11.5 Å². The van der Waals surface area contributed by atoms with Crippen LogP contribution in [-0.4, -0.2) is 4.98 Å². The van der Waals surface area contributed by atoms with E-state index in [1.165, 1.54) is 0 Å². The number of benzene rings is 2. The molecule has 0 fully saturated rings. The molecule has 0 unspecified atom stereocenters. The number of aromatic nitrogens is 1. The second kappa shape index (κ2) is 6.41. The number of hydrogen-bond acceptors (Lipinski definition) is 3. The van der Waals surface area contributed by atoms with E-state index < -0.39 is 0 Å². The second-order valence-electron chi connectivity index (χ2n) is 4.40. The Morgan fingerprint density at radius 1 is 0.857 bits per heavy atom. The molecule has 0 saturated carbocycles. The van der Waals surface area contributed by atoms with Gasteiger partial charge in [0.15, 0.2) is 0 Å². The molecule has 21 heavy (non-hydrogen) atoms. The molecular formula is C17H13BrN2O. The minimum Gasteiger partial charge on any atom is -0.457 e. The standard InChI is InChI=1S/C17H13BrN2O/c18-16-10-5-11-19-17(16)20-13-6-4-9-15(12-13)21-14-7-2-1-3-8-14/h1-12H,(H,19,20). The van der Waals surface area contributed by atoms with Gasteiger partial charge in [-0.2, -0.15) is 0 Å². The van der Waals surface area contributed by atoms with Gasteiger partial charge in [0, 0.05) is 18.0 Å². The van der Waals surface area contributed by atoms with Crippen LogP contribution in [0.15, 0.2) is 77.4 Å². The normalized spacial score (nSPS) is 10.1. The Hall–Kier alpha value is -2.33. The van der Waals surface area contributed by atoms with Gasteiger partial charge in [-0.3, -0.25) is 0 Å². The van der Waals surface area contributed by atoms with E-state index in [1.54, 1.807) is 6.20 Å². The Morgan fingerprint density at radius 3 is 2.48 bits per heavy atom. The van der Waals surface area contributed by atoms with Gasteiger partial charge in [0.1, 0.15) is 17.3 Å². The Balaban J connectivity index is 1.79. The van der Waals surface area contributed by atoms with E-state index in [-0.39, 0.29) is 0 Å². The molecule has 2 aromatic carbocycles. The molecule has 3 nitrogen and oxygen atoms in total. The van der Waals surface area contributed by atoms with Gasteiger partial charge in [-0.1, -0.05) is 24.3 Å². The summed E-state index contributed by atoms with van der Waals surface area (Å²) in [6, 6.07) is 21.3. The molecule has 3 rings (SSSR count). The molecule has 3 aromatic rings. The molecule has 0 aliphatic rings. The Kier molecular flexibility index (Phi) is 4.17. The van der Waals surface area contributed by atoms with Crippen molar-refractivity contribution in [2.24, 2.45) is 0 Å². The van der Waals surface area contributed by atoms with Gasteiger partial charge >= 0.3 is 0 Å². The zero-order valence-corrected chi connectivity index (χ0v) is 12.7. The van der Waals surface area contributed by atoms with Crippen LogP contribution in [0, 0.1) is 0 Å². The van der Waals surface area contributed by atoms with Crippen LogP contribution in [-0.2, 0) is 0 Å². The lowest BCUT2D eigenvalue weighted by molar-refractivity contribution is 0.483. The van der Waals surface area contributed by atoms with Crippen molar-refractivity contribution in [2.75, 3.05) is 5.32 Å². The molecule has 0 aliphatic heterocycles. The zero-order valence-electron chi connectivity index (χ0n) is 11.2.